The largest absolute Gasteiger partial charge is 0.388 e. The van der Waals surface area contributed by atoms with Crippen LogP contribution in [0.2, 0.25) is 0 Å². The van der Waals surface area contributed by atoms with Crippen LogP contribution in [-0.2, 0) is 13.5 Å². The molecule has 0 aliphatic heterocycles. The Morgan fingerprint density at radius 2 is 2.33 bits per heavy atom. The number of aliphatic hydroxyl groups is 1. The molecule has 0 fully saturated rings. The number of thiophene rings is 1. The van der Waals surface area contributed by atoms with Crippen molar-refractivity contribution in [1.29, 1.82) is 0 Å². The van der Waals surface area contributed by atoms with Gasteiger partial charge in [-0.1, -0.05) is 5.21 Å². The molecule has 1 atom stereocenters. The van der Waals surface area contributed by atoms with E-state index in [9.17, 15) is 5.11 Å². The highest BCUT2D eigenvalue weighted by molar-refractivity contribution is 7.08. The van der Waals surface area contributed by atoms with E-state index in [4.69, 9.17) is 0 Å². The first-order valence-electron chi connectivity index (χ1n) is 4.73. The smallest absolute Gasteiger partial charge is 0.0857 e. The van der Waals surface area contributed by atoms with Crippen LogP contribution in [0.4, 0.5) is 0 Å². The van der Waals surface area contributed by atoms with Gasteiger partial charge >= 0.3 is 0 Å². The van der Waals surface area contributed by atoms with E-state index in [0.29, 0.717) is 6.42 Å². The molecule has 0 aromatic carbocycles. The average Bonchev–Trinajstić information content (AvgIpc) is 2.75. The minimum Gasteiger partial charge on any atom is -0.388 e. The van der Waals surface area contributed by atoms with Crippen molar-refractivity contribution in [3.05, 3.63) is 33.8 Å². The first-order chi connectivity index (χ1) is 7.16. The summed E-state index contributed by atoms with van der Waals surface area (Å²) in [6, 6.07) is 0. The molecule has 0 amide bonds. The second-order valence-electron chi connectivity index (χ2n) is 3.61. The maximum absolute atomic E-state index is 9.98. The first kappa shape index (κ1) is 10.3. The second-order valence-corrected chi connectivity index (χ2v) is 4.36. The first-order valence-corrected chi connectivity index (χ1v) is 5.67. The van der Waals surface area contributed by atoms with Crippen LogP contribution in [0.5, 0.6) is 0 Å². The van der Waals surface area contributed by atoms with Gasteiger partial charge in [-0.2, -0.15) is 11.3 Å². The summed E-state index contributed by atoms with van der Waals surface area (Å²) in [7, 11) is 1.82. The standard InChI is InChI=1S/C10H13N3OS/c1-7-5-15-6-9(7)10(14)3-8-4-13(2)12-11-8/h4-6,10,14H,3H2,1-2H3. The predicted octanol–water partition coefficient (Wildman–Crippen LogP) is 1.46. The normalized spacial score (nSPS) is 13.0. The lowest BCUT2D eigenvalue weighted by atomic mass is 10.1. The summed E-state index contributed by atoms with van der Waals surface area (Å²) < 4.78 is 1.64. The fraction of sp³-hybridized carbons (Fsp3) is 0.400. The molecule has 2 rings (SSSR count). The summed E-state index contributed by atoms with van der Waals surface area (Å²) in [5.41, 5.74) is 2.94. The molecule has 0 spiro atoms. The van der Waals surface area contributed by atoms with E-state index in [-0.39, 0.29) is 0 Å². The molecule has 0 aliphatic rings. The zero-order valence-electron chi connectivity index (χ0n) is 8.71. The van der Waals surface area contributed by atoms with Gasteiger partial charge in [-0.05, 0) is 28.8 Å². The Kier molecular flexibility index (Phi) is 2.83. The molecular weight excluding hydrogens is 210 g/mol. The van der Waals surface area contributed by atoms with Gasteiger partial charge in [0.1, 0.15) is 0 Å². The van der Waals surface area contributed by atoms with Crippen molar-refractivity contribution in [3.8, 4) is 0 Å². The monoisotopic (exact) mass is 223 g/mol. The highest BCUT2D eigenvalue weighted by Gasteiger charge is 2.13. The molecule has 0 saturated carbocycles. The lowest BCUT2D eigenvalue weighted by Gasteiger charge is -2.07. The molecule has 0 aliphatic carbocycles. The number of aryl methyl sites for hydroxylation is 2. The Balaban J connectivity index is 2.10. The van der Waals surface area contributed by atoms with Crippen molar-refractivity contribution < 1.29 is 5.11 Å². The Hall–Kier alpha value is -1.20. The SMILES string of the molecule is Cc1cscc1C(O)Cc1cn(C)nn1. The van der Waals surface area contributed by atoms with E-state index in [0.717, 1.165) is 16.8 Å². The summed E-state index contributed by atoms with van der Waals surface area (Å²) in [6.45, 7) is 2.01. The van der Waals surface area contributed by atoms with E-state index >= 15 is 0 Å². The van der Waals surface area contributed by atoms with Crippen LogP contribution in [0.1, 0.15) is 22.9 Å². The molecule has 0 saturated heterocycles. The van der Waals surface area contributed by atoms with Gasteiger partial charge in [0.2, 0.25) is 0 Å². The quantitative estimate of drug-likeness (QED) is 0.857. The van der Waals surface area contributed by atoms with Gasteiger partial charge in [-0.25, -0.2) is 0 Å². The maximum atomic E-state index is 9.98. The van der Waals surface area contributed by atoms with Crippen molar-refractivity contribution in [2.24, 2.45) is 7.05 Å². The van der Waals surface area contributed by atoms with Gasteiger partial charge in [0.15, 0.2) is 0 Å². The lowest BCUT2D eigenvalue weighted by Crippen LogP contribution is -2.02. The topological polar surface area (TPSA) is 50.9 Å². The van der Waals surface area contributed by atoms with E-state index in [1.54, 1.807) is 16.0 Å². The Morgan fingerprint density at radius 1 is 1.53 bits per heavy atom. The molecule has 2 aromatic heterocycles. The summed E-state index contributed by atoms with van der Waals surface area (Å²) in [5.74, 6) is 0. The number of nitrogens with zero attached hydrogens (tertiary/aromatic N) is 3. The van der Waals surface area contributed by atoms with Crippen molar-refractivity contribution in [2.75, 3.05) is 0 Å². The predicted molar refractivity (Wildman–Crippen MR) is 58.7 cm³/mol. The van der Waals surface area contributed by atoms with Crippen LogP contribution in [0, 0.1) is 6.92 Å². The van der Waals surface area contributed by atoms with Gasteiger partial charge in [0, 0.05) is 19.7 Å². The third-order valence-electron chi connectivity index (χ3n) is 2.31. The van der Waals surface area contributed by atoms with Crippen molar-refractivity contribution in [2.45, 2.75) is 19.4 Å². The van der Waals surface area contributed by atoms with Gasteiger partial charge < -0.3 is 5.11 Å². The summed E-state index contributed by atoms with van der Waals surface area (Å²) in [4.78, 5) is 0. The van der Waals surface area contributed by atoms with E-state index in [2.05, 4.69) is 10.3 Å². The molecule has 80 valence electrons. The molecule has 4 nitrogen and oxygen atoms in total. The van der Waals surface area contributed by atoms with E-state index in [1.807, 2.05) is 30.9 Å². The van der Waals surface area contributed by atoms with E-state index in [1.165, 1.54) is 0 Å². The summed E-state index contributed by atoms with van der Waals surface area (Å²) in [5, 5.41) is 21.8. The van der Waals surface area contributed by atoms with Gasteiger partial charge in [0.25, 0.3) is 0 Å². The molecule has 1 N–H and O–H groups in total. The van der Waals surface area contributed by atoms with Crippen molar-refractivity contribution >= 4 is 11.3 Å². The molecule has 0 radical (unpaired) electrons. The zero-order chi connectivity index (χ0) is 10.8. The van der Waals surface area contributed by atoms with Gasteiger partial charge in [-0.3, -0.25) is 4.68 Å². The highest BCUT2D eigenvalue weighted by atomic mass is 32.1. The molecule has 2 heterocycles. The minimum atomic E-state index is -0.479. The number of hydrogen-bond donors (Lipinski definition) is 1. The third kappa shape index (κ3) is 2.24. The number of rotatable bonds is 3. The molecule has 1 unspecified atom stereocenters. The Bertz CT molecular complexity index is 449. The summed E-state index contributed by atoms with van der Waals surface area (Å²) in [6.07, 6.45) is 1.86. The fourth-order valence-electron chi connectivity index (χ4n) is 1.51. The highest BCUT2D eigenvalue weighted by Crippen LogP contribution is 2.23. The fourth-order valence-corrected chi connectivity index (χ4v) is 2.41. The minimum absolute atomic E-state index is 0.479. The van der Waals surface area contributed by atoms with Crippen LogP contribution in [-0.4, -0.2) is 20.1 Å². The zero-order valence-corrected chi connectivity index (χ0v) is 9.53. The lowest BCUT2D eigenvalue weighted by molar-refractivity contribution is 0.177. The van der Waals surface area contributed by atoms with Crippen molar-refractivity contribution in [3.63, 3.8) is 0 Å². The van der Waals surface area contributed by atoms with Gasteiger partial charge in [-0.15, -0.1) is 5.10 Å². The molecule has 2 aromatic rings. The Morgan fingerprint density at radius 3 is 2.87 bits per heavy atom. The molecule has 15 heavy (non-hydrogen) atoms. The molecular formula is C10H13N3OS. The van der Waals surface area contributed by atoms with Crippen LogP contribution in [0.15, 0.2) is 17.0 Å². The van der Waals surface area contributed by atoms with Crippen LogP contribution >= 0.6 is 11.3 Å². The van der Waals surface area contributed by atoms with Crippen LogP contribution in [0.25, 0.3) is 0 Å². The maximum Gasteiger partial charge on any atom is 0.0857 e. The second kappa shape index (κ2) is 4.12. The number of hydrogen-bond acceptors (Lipinski definition) is 4. The van der Waals surface area contributed by atoms with Crippen LogP contribution < -0.4 is 0 Å². The number of aromatic nitrogens is 3. The van der Waals surface area contributed by atoms with Gasteiger partial charge in [0.05, 0.1) is 11.8 Å². The van der Waals surface area contributed by atoms with Crippen molar-refractivity contribution in [1.82, 2.24) is 15.0 Å². The van der Waals surface area contributed by atoms with Crippen LogP contribution in [0.3, 0.4) is 0 Å². The third-order valence-corrected chi connectivity index (χ3v) is 3.19. The molecule has 0 bridgehead atoms. The van der Waals surface area contributed by atoms with E-state index < -0.39 is 6.10 Å². The summed E-state index contributed by atoms with van der Waals surface area (Å²) >= 11 is 1.61. The number of aliphatic hydroxyl groups excluding tert-OH is 1. The average molecular weight is 223 g/mol. The Labute approximate surface area is 92.2 Å². The molecule has 5 heteroatoms.